The van der Waals surface area contributed by atoms with Crippen molar-refractivity contribution >= 4 is 46.1 Å². The predicted molar refractivity (Wildman–Crippen MR) is 214 cm³/mol. The maximum Gasteiger partial charge on any atom is 0.264 e. The minimum absolute atomic E-state index is 0.0459. The first-order valence-corrected chi connectivity index (χ1v) is 19.6. The molecule has 0 aliphatic carbocycles. The molecule has 4 aromatic rings. The number of phenols is 1. The van der Waals surface area contributed by atoms with Crippen molar-refractivity contribution < 1.29 is 33.8 Å². The lowest BCUT2D eigenvalue weighted by atomic mass is 9.81. The van der Waals surface area contributed by atoms with Gasteiger partial charge in [0.2, 0.25) is 17.7 Å². The summed E-state index contributed by atoms with van der Waals surface area (Å²) in [6.45, 7) is 9.44. The van der Waals surface area contributed by atoms with E-state index in [0.717, 1.165) is 53.5 Å². The van der Waals surface area contributed by atoms with Crippen LogP contribution in [-0.2, 0) is 19.8 Å². The van der Waals surface area contributed by atoms with Crippen LogP contribution in [0.3, 0.4) is 0 Å². The third kappa shape index (κ3) is 8.69. The van der Waals surface area contributed by atoms with Crippen LogP contribution in [0.1, 0.15) is 129 Å². The summed E-state index contributed by atoms with van der Waals surface area (Å²) in [7, 11) is 0. The zero-order valence-corrected chi connectivity index (χ0v) is 32.6. The molecular formula is C44H51N5O7. The lowest BCUT2D eigenvalue weighted by molar-refractivity contribution is -0.136. The van der Waals surface area contributed by atoms with Crippen molar-refractivity contribution in [2.45, 2.75) is 103 Å². The molecule has 3 heterocycles. The minimum atomic E-state index is -0.999. The molecule has 0 saturated carbocycles. The van der Waals surface area contributed by atoms with E-state index in [1.807, 2.05) is 49.4 Å². The minimum Gasteiger partial charge on any atom is -0.505 e. The molecule has 5 amide bonds. The molecule has 2 unspecified atom stereocenters. The number of imide groups is 2. The summed E-state index contributed by atoms with van der Waals surface area (Å²) >= 11 is 0. The Labute approximate surface area is 327 Å². The standard InChI is InChI=1S/C44H51N5O7/c1-5-14-35(50)47-38(31-26-32(44(2,3)4)29-18-13-23-46-39(29)40(31)52)27-15-11-16-28(25-27)56-24-10-8-6-7-9-22-45-33-19-12-17-30-37(33)43(55)49(42(30)54)34-20-21-36(51)48-41(34)53/h11-13,15-19,23,25-26,34,38,45,52H,5-10,14,20-22,24H2,1-4H3,(H,47,50)(H,48,51,53). The van der Waals surface area contributed by atoms with E-state index in [9.17, 15) is 29.1 Å². The van der Waals surface area contributed by atoms with E-state index < -0.39 is 35.7 Å². The number of hydrogen-bond acceptors (Lipinski definition) is 9. The van der Waals surface area contributed by atoms with Gasteiger partial charge in [0, 0.05) is 42.2 Å². The highest BCUT2D eigenvalue weighted by atomic mass is 16.5. The summed E-state index contributed by atoms with van der Waals surface area (Å²) in [5, 5.41) is 21.1. The lowest BCUT2D eigenvalue weighted by Gasteiger charge is -2.27. The van der Waals surface area contributed by atoms with Gasteiger partial charge in [0.15, 0.2) is 0 Å². The molecule has 12 nitrogen and oxygen atoms in total. The first kappa shape index (κ1) is 39.9. The number of rotatable bonds is 16. The lowest BCUT2D eigenvalue weighted by Crippen LogP contribution is -2.54. The molecule has 1 saturated heterocycles. The number of benzene rings is 3. The van der Waals surface area contributed by atoms with Crippen molar-refractivity contribution in [1.29, 1.82) is 0 Å². The van der Waals surface area contributed by atoms with Gasteiger partial charge in [-0.25, -0.2) is 0 Å². The predicted octanol–water partition coefficient (Wildman–Crippen LogP) is 7.09. The largest absolute Gasteiger partial charge is 0.505 e. The van der Waals surface area contributed by atoms with E-state index in [-0.39, 0.29) is 41.0 Å². The number of nitrogens with zero attached hydrogens (tertiary/aromatic N) is 2. The Morgan fingerprint density at radius 2 is 1.75 bits per heavy atom. The van der Waals surface area contributed by atoms with Gasteiger partial charge in [-0.05, 0) is 78.6 Å². The molecule has 3 aromatic carbocycles. The summed E-state index contributed by atoms with van der Waals surface area (Å²) in [5.74, 6) is -1.47. The van der Waals surface area contributed by atoms with Gasteiger partial charge in [0.1, 0.15) is 23.1 Å². The third-order valence-corrected chi connectivity index (χ3v) is 10.4. The van der Waals surface area contributed by atoms with Crippen LogP contribution >= 0.6 is 0 Å². The molecule has 2 atom stereocenters. The van der Waals surface area contributed by atoms with Gasteiger partial charge >= 0.3 is 0 Å². The summed E-state index contributed by atoms with van der Waals surface area (Å²) < 4.78 is 6.17. The Hall–Kier alpha value is -5.78. The van der Waals surface area contributed by atoms with E-state index in [1.165, 1.54) is 0 Å². The number of piperidine rings is 1. The highest BCUT2D eigenvalue weighted by Crippen LogP contribution is 2.41. The maximum absolute atomic E-state index is 13.3. The summed E-state index contributed by atoms with van der Waals surface area (Å²) in [6.07, 6.45) is 7.50. The monoisotopic (exact) mass is 761 g/mol. The number of anilines is 1. The Morgan fingerprint density at radius 3 is 2.52 bits per heavy atom. The summed E-state index contributed by atoms with van der Waals surface area (Å²) in [6, 6.07) is 16.9. The number of ether oxygens (including phenoxy) is 1. The van der Waals surface area contributed by atoms with E-state index in [2.05, 4.69) is 41.7 Å². The number of phenolic OH excluding ortho intramolecular Hbond substituents is 1. The molecule has 0 radical (unpaired) electrons. The smallest absolute Gasteiger partial charge is 0.264 e. The third-order valence-electron chi connectivity index (χ3n) is 10.4. The zero-order chi connectivity index (χ0) is 40.0. The van der Waals surface area contributed by atoms with Crippen LogP contribution in [0.2, 0.25) is 0 Å². The van der Waals surface area contributed by atoms with Gasteiger partial charge in [-0.2, -0.15) is 0 Å². The van der Waals surface area contributed by atoms with E-state index in [1.54, 1.807) is 24.4 Å². The Balaban J connectivity index is 1.01. The number of carbonyl (C=O) groups excluding carboxylic acids is 5. The van der Waals surface area contributed by atoms with Crippen LogP contribution in [0, 0.1) is 0 Å². The van der Waals surface area contributed by atoms with Crippen molar-refractivity contribution in [1.82, 2.24) is 20.5 Å². The number of fused-ring (bicyclic) bond motifs is 2. The van der Waals surface area contributed by atoms with Crippen molar-refractivity contribution in [3.05, 3.63) is 94.7 Å². The number of aromatic nitrogens is 1. The highest BCUT2D eigenvalue weighted by Gasteiger charge is 2.45. The van der Waals surface area contributed by atoms with Crippen molar-refractivity contribution in [2.75, 3.05) is 18.5 Å². The highest BCUT2D eigenvalue weighted by molar-refractivity contribution is 6.25. The molecular weight excluding hydrogens is 711 g/mol. The van der Waals surface area contributed by atoms with Gasteiger partial charge in [0.05, 0.1) is 23.8 Å². The number of pyridine rings is 1. The first-order valence-electron chi connectivity index (χ1n) is 19.6. The molecule has 0 bridgehead atoms. The SMILES string of the molecule is CCCC(=O)NC(c1cccc(OCCCCCCCNc2cccc3c2C(=O)N(C2CCC(=O)NC2=O)C3=O)c1)c1cc(C(C)(C)C)c2cccnc2c1O. The fourth-order valence-corrected chi connectivity index (χ4v) is 7.51. The van der Waals surface area contributed by atoms with Crippen LogP contribution in [0.15, 0.2) is 66.9 Å². The van der Waals surface area contributed by atoms with E-state index in [0.29, 0.717) is 48.5 Å². The van der Waals surface area contributed by atoms with Gasteiger partial charge < -0.3 is 20.5 Å². The molecule has 6 rings (SSSR count). The molecule has 56 heavy (non-hydrogen) atoms. The van der Waals surface area contributed by atoms with Crippen molar-refractivity contribution in [3.8, 4) is 11.5 Å². The Bertz CT molecular complexity index is 2140. The number of nitrogens with one attached hydrogen (secondary N) is 3. The molecule has 1 aromatic heterocycles. The number of carbonyl (C=O) groups is 5. The van der Waals surface area contributed by atoms with Crippen LogP contribution in [0.25, 0.3) is 10.9 Å². The summed E-state index contributed by atoms with van der Waals surface area (Å²) in [4.78, 5) is 69.0. The second kappa shape index (κ2) is 17.3. The van der Waals surface area contributed by atoms with Gasteiger partial charge in [-0.3, -0.25) is 39.2 Å². The molecule has 1 fully saturated rings. The number of hydrogen-bond donors (Lipinski definition) is 4. The average Bonchev–Trinajstić information content (AvgIpc) is 3.42. The molecule has 4 N–H and O–H groups in total. The average molecular weight is 762 g/mol. The van der Waals surface area contributed by atoms with Crippen molar-refractivity contribution in [2.24, 2.45) is 0 Å². The first-order chi connectivity index (χ1) is 26.9. The molecule has 12 heteroatoms. The second-order valence-corrected chi connectivity index (χ2v) is 15.6. The molecule has 0 spiro atoms. The van der Waals surface area contributed by atoms with Crippen LogP contribution in [0.4, 0.5) is 5.69 Å². The van der Waals surface area contributed by atoms with Crippen LogP contribution < -0.4 is 20.7 Å². The quantitative estimate of drug-likeness (QED) is 0.0689. The van der Waals surface area contributed by atoms with Gasteiger partial charge in [-0.15, -0.1) is 0 Å². The number of unbranched alkanes of at least 4 members (excludes halogenated alkanes) is 4. The Kier molecular flexibility index (Phi) is 12.4. The maximum atomic E-state index is 13.3. The molecule has 2 aliphatic rings. The summed E-state index contributed by atoms with van der Waals surface area (Å²) in [5.41, 5.74) is 3.75. The fourth-order valence-electron chi connectivity index (χ4n) is 7.51. The fraction of sp³-hybridized carbons (Fsp3) is 0.409. The topological polar surface area (TPSA) is 167 Å². The normalized spacial score (nSPS) is 16.1. The van der Waals surface area contributed by atoms with E-state index in [4.69, 9.17) is 4.74 Å². The Morgan fingerprint density at radius 1 is 0.982 bits per heavy atom. The molecule has 294 valence electrons. The van der Waals surface area contributed by atoms with Crippen LogP contribution in [-0.4, -0.2) is 63.7 Å². The van der Waals surface area contributed by atoms with E-state index >= 15 is 0 Å². The number of aromatic hydroxyl groups is 1. The zero-order valence-electron chi connectivity index (χ0n) is 32.6. The van der Waals surface area contributed by atoms with Gasteiger partial charge in [0.25, 0.3) is 11.8 Å². The van der Waals surface area contributed by atoms with Crippen LogP contribution in [0.5, 0.6) is 11.5 Å². The molecule has 2 aliphatic heterocycles. The van der Waals surface area contributed by atoms with Crippen molar-refractivity contribution in [3.63, 3.8) is 0 Å². The second-order valence-electron chi connectivity index (χ2n) is 15.6. The van der Waals surface area contributed by atoms with Gasteiger partial charge in [-0.1, -0.05) is 71.2 Å². The number of amides is 5.